The zero-order chi connectivity index (χ0) is 10.8. The summed E-state index contributed by atoms with van der Waals surface area (Å²) in [4.78, 5) is 32.0. The monoisotopic (exact) mass is 243 g/mol. The predicted molar refractivity (Wildman–Crippen MR) is 36.6 cm³/mol. The van der Waals surface area contributed by atoms with Crippen LogP contribution in [0.3, 0.4) is 0 Å². The molecule has 0 heterocycles. The van der Waals surface area contributed by atoms with E-state index in [0.29, 0.717) is 0 Å². The molecule has 0 unspecified atom stereocenters. The maximum absolute atomic E-state index is 8.00. The van der Waals surface area contributed by atoms with Crippen molar-refractivity contribution in [1.82, 2.24) is 0 Å². The van der Waals surface area contributed by atoms with Crippen LogP contribution in [0.5, 0.6) is 0 Å². The first kappa shape index (κ1) is 38.7. The summed E-state index contributed by atoms with van der Waals surface area (Å²) in [6, 6.07) is 0. The summed E-state index contributed by atoms with van der Waals surface area (Å²) < 4.78 is 0. The van der Waals surface area contributed by atoms with Gasteiger partial charge in [-0.2, -0.15) is 0 Å². The average Bonchev–Trinajstić information content (AvgIpc) is 1.92. The van der Waals surface area contributed by atoms with Gasteiger partial charge in [-0.15, -0.1) is 21.4 Å². The first-order chi connectivity index (χ1) is 5.66. The van der Waals surface area contributed by atoms with Crippen molar-refractivity contribution in [3.8, 4) is 0 Å². The van der Waals surface area contributed by atoms with Crippen molar-refractivity contribution < 1.29 is 36.2 Å². The van der Waals surface area contributed by atoms with Crippen LogP contribution in [0.15, 0.2) is 21.4 Å². The molecule has 0 bridgehead atoms. The van der Waals surface area contributed by atoms with Gasteiger partial charge in [-0.25, -0.2) is 0 Å². The van der Waals surface area contributed by atoms with Crippen molar-refractivity contribution in [1.29, 1.82) is 0 Å². The van der Waals surface area contributed by atoms with Gasteiger partial charge in [0.05, 0.1) is 0 Å². The summed E-state index contributed by atoms with van der Waals surface area (Å²) in [5.74, 6) is 0. The number of hydrogen-bond donors (Lipinski definition) is 0. The van der Waals surface area contributed by atoms with Crippen LogP contribution in [0, 0.1) is 40.5 Å². The van der Waals surface area contributed by atoms with Crippen molar-refractivity contribution in [2.24, 2.45) is 21.4 Å². The van der Waals surface area contributed by atoms with Crippen LogP contribution in [0.25, 0.3) is 0 Å². The molecule has 0 aromatic heterocycles. The molecule has 1 radical (unpaired) electrons. The van der Waals surface area contributed by atoms with Crippen molar-refractivity contribution in [2.45, 2.75) is 0 Å². The van der Waals surface area contributed by atoms with Crippen molar-refractivity contribution in [2.75, 3.05) is 0 Å². The molecular formula is CrLiN4O8. The second kappa shape index (κ2) is 181. The Hall–Kier alpha value is -1.27. The van der Waals surface area contributed by atoms with Crippen LogP contribution in [0.4, 0.5) is 0 Å². The largest absolute Gasteiger partial charge is 3.00 e. The molecule has 0 atom stereocenters. The van der Waals surface area contributed by atoms with E-state index in [1.165, 1.54) is 0 Å². The van der Waals surface area contributed by atoms with E-state index in [9.17, 15) is 0 Å². The van der Waals surface area contributed by atoms with E-state index in [2.05, 4.69) is 0 Å². The Morgan fingerprint density at radius 2 is 0.571 bits per heavy atom. The molecule has 75 valence electrons. The first-order valence-corrected chi connectivity index (χ1v) is 1.46. The molecule has 14 heteroatoms. The quantitative estimate of drug-likeness (QED) is 0.263. The van der Waals surface area contributed by atoms with Crippen molar-refractivity contribution >= 4 is 0 Å². The molecule has 14 heavy (non-hydrogen) atoms. The van der Waals surface area contributed by atoms with Crippen LogP contribution in [-0.2, 0) is 17.4 Å². The van der Waals surface area contributed by atoms with Gasteiger partial charge in [0.15, 0.2) is 0 Å². The number of hydrogen-bond acceptors (Lipinski definition) is 12. The van der Waals surface area contributed by atoms with Gasteiger partial charge in [-0.3, -0.25) is 0 Å². The van der Waals surface area contributed by atoms with E-state index in [-0.39, 0.29) is 36.2 Å². The Morgan fingerprint density at radius 3 is 0.571 bits per heavy atom. The predicted octanol–water partition coefficient (Wildman–Crippen LogP) is -2.00. The zero-order valence-corrected chi connectivity index (χ0v) is 7.74. The molecule has 0 saturated carbocycles. The molecule has 0 aromatic rings. The third-order valence-electron chi connectivity index (χ3n) is 0. The smallest absolute Gasteiger partial charge is 0.444 e. The Balaban J connectivity index is -0.0000000145. The van der Waals surface area contributed by atoms with E-state index in [1.54, 1.807) is 0 Å². The number of rotatable bonds is 0. The summed E-state index contributed by atoms with van der Waals surface area (Å²) >= 11 is 0. The molecule has 0 N–H and O–H groups in total. The summed E-state index contributed by atoms with van der Waals surface area (Å²) in [7, 11) is 0. The van der Waals surface area contributed by atoms with Crippen LogP contribution in [0.2, 0.25) is 0 Å². The van der Waals surface area contributed by atoms with Gasteiger partial charge in [-0.1, -0.05) is 0 Å². The standard InChI is InChI=1S/Cr.Li.4HNO2/c;;4*2-1-3/h;;4*(H,2,3)/q+3;+1;;;;/p-4. The zero-order valence-electron chi connectivity index (χ0n) is 6.46. The minimum atomic E-state index is 0. The van der Waals surface area contributed by atoms with Gasteiger partial charge >= 0.3 is 36.2 Å². The van der Waals surface area contributed by atoms with Gasteiger partial charge in [0.25, 0.3) is 0 Å². The number of nitrogens with zero attached hydrogens (tertiary/aromatic N) is 4. The summed E-state index contributed by atoms with van der Waals surface area (Å²) in [6.45, 7) is 0. The molecule has 0 aromatic carbocycles. The average molecular weight is 243 g/mol. The Morgan fingerprint density at radius 1 is 0.571 bits per heavy atom. The normalized spacial score (nSPS) is 3.43. The maximum atomic E-state index is 8.00. The molecule has 0 fully saturated rings. The van der Waals surface area contributed by atoms with Gasteiger partial charge in [-0.05, 0) is 0 Å². The summed E-state index contributed by atoms with van der Waals surface area (Å²) in [5.41, 5.74) is 0. The summed E-state index contributed by atoms with van der Waals surface area (Å²) in [6.07, 6.45) is 0. The third kappa shape index (κ3) is 630. The van der Waals surface area contributed by atoms with Gasteiger partial charge in [0.1, 0.15) is 0 Å². The Labute approximate surface area is 98.3 Å². The van der Waals surface area contributed by atoms with Crippen LogP contribution >= 0.6 is 0 Å². The molecule has 0 spiro atoms. The van der Waals surface area contributed by atoms with Gasteiger partial charge < -0.3 is 40.5 Å². The molecular weight excluding hydrogens is 243 g/mol. The molecule has 0 amide bonds. The SMILES string of the molecule is O=N[O-].O=N[O-].O=N[O-].O=N[O-].[Cr+3].[Li+]. The molecule has 0 rings (SSSR count). The fourth-order valence-corrected chi connectivity index (χ4v) is 0. The molecule has 0 aliphatic heterocycles. The molecule has 12 nitrogen and oxygen atoms in total. The van der Waals surface area contributed by atoms with E-state index in [0.717, 1.165) is 21.4 Å². The van der Waals surface area contributed by atoms with Crippen LogP contribution in [0.1, 0.15) is 0 Å². The van der Waals surface area contributed by atoms with Gasteiger partial charge in [0, 0.05) is 0 Å². The topological polar surface area (TPSA) is 210 Å². The molecule has 0 aliphatic rings. The Kier molecular flexibility index (Phi) is 501. The second-order valence-electron chi connectivity index (χ2n) is 0.298. The van der Waals surface area contributed by atoms with Gasteiger partial charge in [0.2, 0.25) is 0 Å². The Bertz CT molecular complexity index is 75.3. The molecule has 0 saturated heterocycles. The maximum Gasteiger partial charge on any atom is 3.00 e. The van der Waals surface area contributed by atoms with Crippen molar-refractivity contribution in [3.63, 3.8) is 0 Å². The van der Waals surface area contributed by atoms with Crippen LogP contribution < -0.4 is 18.9 Å². The van der Waals surface area contributed by atoms with E-state index >= 15 is 0 Å². The minimum absolute atomic E-state index is 0. The molecule has 0 aliphatic carbocycles. The second-order valence-corrected chi connectivity index (χ2v) is 0.298. The third-order valence-corrected chi connectivity index (χ3v) is 0. The fourth-order valence-electron chi connectivity index (χ4n) is 0. The van der Waals surface area contributed by atoms with Crippen LogP contribution in [-0.4, -0.2) is 0 Å². The summed E-state index contributed by atoms with van der Waals surface area (Å²) in [5, 5.41) is 36.0. The van der Waals surface area contributed by atoms with E-state index in [1.807, 2.05) is 0 Å². The van der Waals surface area contributed by atoms with E-state index < -0.39 is 0 Å². The fraction of sp³-hybridized carbons (Fsp3) is 0. The van der Waals surface area contributed by atoms with E-state index in [4.69, 9.17) is 40.5 Å². The van der Waals surface area contributed by atoms with Crippen molar-refractivity contribution in [3.05, 3.63) is 40.5 Å². The minimum Gasteiger partial charge on any atom is -0.444 e. The first-order valence-electron chi connectivity index (χ1n) is 1.46.